The van der Waals surface area contributed by atoms with Gasteiger partial charge in [-0.25, -0.2) is 9.37 Å². The first-order valence-corrected chi connectivity index (χ1v) is 10.1. The van der Waals surface area contributed by atoms with E-state index < -0.39 is 0 Å². The van der Waals surface area contributed by atoms with Gasteiger partial charge in [0, 0.05) is 17.0 Å². The zero-order valence-electron chi connectivity index (χ0n) is 14.5. The number of rotatable bonds is 5. The molecule has 3 aromatic rings. The zero-order valence-corrected chi connectivity index (χ0v) is 16.1. The van der Waals surface area contributed by atoms with Crippen LogP contribution in [0.4, 0.5) is 4.39 Å². The maximum absolute atomic E-state index is 13.1. The lowest BCUT2D eigenvalue weighted by Gasteiger charge is -2.05. The van der Waals surface area contributed by atoms with Crippen molar-refractivity contribution in [2.75, 3.05) is 0 Å². The summed E-state index contributed by atoms with van der Waals surface area (Å²) in [4.78, 5) is 24.9. The number of aliphatic imine (C=N–C) groups is 1. The Labute approximate surface area is 158 Å². The molecule has 0 aliphatic carbocycles. The number of nitrogens with one attached hydrogen (secondary N) is 1. The lowest BCUT2D eigenvalue weighted by Crippen LogP contribution is -2.14. The summed E-state index contributed by atoms with van der Waals surface area (Å²) >= 11 is 2.75. The van der Waals surface area contributed by atoms with E-state index in [-0.39, 0.29) is 17.4 Å². The summed E-state index contributed by atoms with van der Waals surface area (Å²) in [5.74, 6) is 0.694. The number of fused-ring (bicyclic) bond motifs is 1. The van der Waals surface area contributed by atoms with Gasteiger partial charge in [0.05, 0.1) is 11.1 Å². The molecule has 1 aromatic carbocycles. The van der Waals surface area contributed by atoms with E-state index in [9.17, 15) is 9.18 Å². The van der Waals surface area contributed by atoms with Crippen molar-refractivity contribution in [3.8, 4) is 11.1 Å². The molecule has 0 amide bonds. The molecular formula is C18H19FN4OS2. The van der Waals surface area contributed by atoms with E-state index in [4.69, 9.17) is 5.73 Å². The Balaban J connectivity index is 1.87. The van der Waals surface area contributed by atoms with Crippen molar-refractivity contribution >= 4 is 38.5 Å². The van der Waals surface area contributed by atoms with Crippen LogP contribution in [0.25, 0.3) is 21.3 Å². The number of nitrogens with zero attached hydrogens (tertiary/aromatic N) is 2. The van der Waals surface area contributed by atoms with Crippen LogP contribution in [0.3, 0.4) is 0 Å². The first-order valence-electron chi connectivity index (χ1n) is 8.20. The van der Waals surface area contributed by atoms with Crippen LogP contribution in [0.5, 0.6) is 0 Å². The highest BCUT2D eigenvalue weighted by Gasteiger charge is 2.13. The number of halogens is 1. The summed E-state index contributed by atoms with van der Waals surface area (Å²) in [6, 6.07) is 6.25. The summed E-state index contributed by atoms with van der Waals surface area (Å²) in [6.45, 7) is 4.05. The Hall–Kier alpha value is -2.19. The highest BCUT2D eigenvalue weighted by atomic mass is 32.2. The van der Waals surface area contributed by atoms with Gasteiger partial charge in [0.2, 0.25) is 0 Å². The third-order valence-corrected chi connectivity index (χ3v) is 5.63. The Bertz CT molecular complexity index is 995. The Kier molecular flexibility index (Phi) is 5.73. The molecular weight excluding hydrogens is 371 g/mol. The minimum atomic E-state index is -0.309. The van der Waals surface area contributed by atoms with Gasteiger partial charge in [-0.1, -0.05) is 30.8 Å². The monoisotopic (exact) mass is 390 g/mol. The second kappa shape index (κ2) is 8.01. The molecule has 1 atom stereocenters. The van der Waals surface area contributed by atoms with Gasteiger partial charge < -0.3 is 10.7 Å². The average Bonchev–Trinajstić information content (AvgIpc) is 3.05. The number of thiophene rings is 1. The molecule has 0 unspecified atom stereocenters. The molecule has 26 heavy (non-hydrogen) atoms. The number of hydrogen-bond donors (Lipinski definition) is 2. The summed E-state index contributed by atoms with van der Waals surface area (Å²) in [5.41, 5.74) is 7.25. The number of hydrogen-bond acceptors (Lipinski definition) is 5. The predicted octanol–water partition coefficient (Wildman–Crippen LogP) is 4.14. The molecule has 2 heterocycles. The van der Waals surface area contributed by atoms with Crippen molar-refractivity contribution in [3.05, 3.63) is 51.6 Å². The topological polar surface area (TPSA) is 84.1 Å². The Morgan fingerprint density at radius 3 is 2.85 bits per heavy atom. The highest BCUT2D eigenvalue weighted by Crippen LogP contribution is 2.31. The predicted molar refractivity (Wildman–Crippen MR) is 108 cm³/mol. The molecule has 0 radical (unpaired) electrons. The molecule has 136 valence electrons. The van der Waals surface area contributed by atoms with E-state index in [0.717, 1.165) is 17.5 Å². The number of nitrogens with two attached hydrogens (primary N) is 1. The first kappa shape index (κ1) is 18.6. The average molecular weight is 391 g/mol. The third kappa shape index (κ3) is 4.13. The van der Waals surface area contributed by atoms with Gasteiger partial charge in [0.1, 0.15) is 16.5 Å². The lowest BCUT2D eigenvalue weighted by atomic mass is 10.1. The molecule has 0 saturated heterocycles. The van der Waals surface area contributed by atoms with Crippen molar-refractivity contribution < 1.29 is 4.39 Å². The number of benzene rings is 1. The van der Waals surface area contributed by atoms with Gasteiger partial charge in [-0.05, 0) is 31.0 Å². The van der Waals surface area contributed by atoms with Crippen LogP contribution < -0.4 is 11.3 Å². The van der Waals surface area contributed by atoms with Crippen LogP contribution in [0.2, 0.25) is 0 Å². The normalized spacial score (nSPS) is 13.3. The molecule has 0 aliphatic rings. The van der Waals surface area contributed by atoms with Crippen LogP contribution in [0.15, 0.2) is 39.4 Å². The molecule has 3 rings (SSSR count). The summed E-state index contributed by atoms with van der Waals surface area (Å²) < 4.78 is 13.1. The molecule has 3 N–H and O–H groups in total. The second-order valence-electron chi connectivity index (χ2n) is 5.86. The van der Waals surface area contributed by atoms with Gasteiger partial charge in [-0.2, -0.15) is 0 Å². The van der Waals surface area contributed by atoms with Crippen molar-refractivity contribution in [1.29, 1.82) is 0 Å². The fourth-order valence-electron chi connectivity index (χ4n) is 2.39. The maximum atomic E-state index is 13.1. The smallest absolute Gasteiger partial charge is 0.260 e. The highest BCUT2D eigenvalue weighted by molar-refractivity contribution is 8.13. The zero-order chi connectivity index (χ0) is 18.7. The minimum absolute atomic E-state index is 0.174. The molecule has 0 saturated carbocycles. The standard InChI is InChI=1S/C18H19FN4OS2/c1-3-10(2)21-18(20)26-9-14-22-16(24)15-13(8-25-17(15)23-14)11-4-6-12(19)7-5-11/h4-8,10H,3,9H2,1-2H3,(H2,20,21)(H,22,23,24)/t10-/m1/s1. The number of amidine groups is 1. The Morgan fingerprint density at radius 1 is 1.42 bits per heavy atom. The van der Waals surface area contributed by atoms with Crippen LogP contribution in [0, 0.1) is 5.82 Å². The second-order valence-corrected chi connectivity index (χ2v) is 7.72. The van der Waals surface area contributed by atoms with Crippen LogP contribution >= 0.6 is 23.1 Å². The van der Waals surface area contributed by atoms with Crippen molar-refractivity contribution in [1.82, 2.24) is 9.97 Å². The molecule has 0 aliphatic heterocycles. The van der Waals surface area contributed by atoms with Crippen molar-refractivity contribution in [3.63, 3.8) is 0 Å². The van der Waals surface area contributed by atoms with E-state index in [1.807, 2.05) is 12.3 Å². The molecule has 2 aromatic heterocycles. The van der Waals surface area contributed by atoms with E-state index in [0.29, 0.717) is 27.0 Å². The van der Waals surface area contributed by atoms with Gasteiger partial charge in [0.15, 0.2) is 5.17 Å². The molecule has 8 heteroatoms. The van der Waals surface area contributed by atoms with Crippen molar-refractivity contribution in [2.24, 2.45) is 10.7 Å². The van der Waals surface area contributed by atoms with Crippen molar-refractivity contribution in [2.45, 2.75) is 32.1 Å². The number of H-pyrrole nitrogens is 1. The first-order chi connectivity index (χ1) is 12.5. The summed E-state index contributed by atoms with van der Waals surface area (Å²) in [6.07, 6.45) is 0.920. The number of aromatic amines is 1. The fourth-order valence-corrected chi connectivity index (χ4v) is 4.03. The quantitative estimate of drug-likeness (QED) is 0.507. The van der Waals surface area contributed by atoms with Gasteiger partial charge in [-0.3, -0.25) is 9.79 Å². The van der Waals surface area contributed by atoms with Gasteiger partial charge in [-0.15, -0.1) is 11.3 Å². The van der Waals surface area contributed by atoms with Crippen LogP contribution in [0.1, 0.15) is 26.1 Å². The third-order valence-electron chi connectivity index (χ3n) is 3.94. The van der Waals surface area contributed by atoms with E-state index in [2.05, 4.69) is 21.9 Å². The van der Waals surface area contributed by atoms with Gasteiger partial charge >= 0.3 is 0 Å². The SMILES string of the molecule is CC[C@@H](C)N=C(N)SCc1nc2scc(-c3ccc(F)cc3)c2c(=O)[nH]1. The lowest BCUT2D eigenvalue weighted by molar-refractivity contribution is 0.628. The minimum Gasteiger partial charge on any atom is -0.379 e. The molecule has 0 bridgehead atoms. The number of thioether (sulfide) groups is 1. The summed E-state index contributed by atoms with van der Waals surface area (Å²) in [7, 11) is 0. The van der Waals surface area contributed by atoms with Crippen LogP contribution in [-0.2, 0) is 5.75 Å². The van der Waals surface area contributed by atoms with Crippen LogP contribution in [-0.4, -0.2) is 21.2 Å². The molecule has 0 fully saturated rings. The number of aromatic nitrogens is 2. The maximum Gasteiger partial charge on any atom is 0.260 e. The van der Waals surface area contributed by atoms with Gasteiger partial charge in [0.25, 0.3) is 5.56 Å². The largest absolute Gasteiger partial charge is 0.379 e. The summed E-state index contributed by atoms with van der Waals surface area (Å²) in [5, 5.41) is 2.88. The van der Waals surface area contributed by atoms with E-state index in [1.165, 1.54) is 35.2 Å². The fraction of sp³-hybridized carbons (Fsp3) is 0.278. The Morgan fingerprint density at radius 2 is 2.15 bits per heavy atom. The van der Waals surface area contributed by atoms with E-state index in [1.54, 1.807) is 12.1 Å². The molecule has 0 spiro atoms. The van der Waals surface area contributed by atoms with E-state index >= 15 is 0 Å². The molecule has 5 nitrogen and oxygen atoms in total.